The van der Waals surface area contributed by atoms with Crippen LogP contribution in [0.4, 0.5) is 13.2 Å². The highest BCUT2D eigenvalue weighted by Crippen LogP contribution is 2.65. The highest BCUT2D eigenvalue weighted by molar-refractivity contribution is 7.90. The van der Waals surface area contributed by atoms with Gasteiger partial charge in [0, 0.05) is 0 Å². The summed E-state index contributed by atoms with van der Waals surface area (Å²) < 4.78 is 97.7. The molecule has 0 spiro atoms. The fourth-order valence-electron chi connectivity index (χ4n) is 2.28. The molecule has 0 radical (unpaired) electrons. The smallest absolute Gasteiger partial charge is 0.430 e. The molecule has 1 aromatic carbocycles. The summed E-state index contributed by atoms with van der Waals surface area (Å²) in [6.45, 7) is 2.77. The number of carbonyl (C=O) groups excluding carboxylic acids is 1. The first-order chi connectivity index (χ1) is 13.9. The molecule has 8 nitrogen and oxygen atoms in total. The molecule has 0 aliphatic rings. The summed E-state index contributed by atoms with van der Waals surface area (Å²) in [6, 6.07) is 6.02. The van der Waals surface area contributed by atoms with Gasteiger partial charge in [-0.3, -0.25) is 4.57 Å². The zero-order valence-corrected chi connectivity index (χ0v) is 18.5. The minimum Gasteiger partial charge on any atom is -0.464 e. The first-order valence-corrected chi connectivity index (χ1v) is 12.2. The molecule has 1 atom stereocenters. The number of hydrogen-bond donors (Lipinski definition) is 1. The van der Waals surface area contributed by atoms with Gasteiger partial charge in [0.1, 0.15) is 0 Å². The molecule has 0 heterocycles. The molecule has 0 unspecified atom stereocenters. The molecule has 0 amide bonds. The Bertz CT molecular complexity index is 837. The predicted octanol–water partition coefficient (Wildman–Crippen LogP) is 3.83. The maximum absolute atomic E-state index is 14.4. The molecule has 0 aromatic heterocycles. The molecule has 172 valence electrons. The van der Waals surface area contributed by atoms with E-state index in [0.29, 0.717) is 0 Å². The van der Waals surface area contributed by atoms with Gasteiger partial charge < -0.3 is 13.8 Å². The van der Waals surface area contributed by atoms with Crippen molar-refractivity contribution in [3.8, 4) is 0 Å². The summed E-state index contributed by atoms with van der Waals surface area (Å²) in [4.78, 5) is 12.0. The summed E-state index contributed by atoms with van der Waals surface area (Å²) in [5.41, 5.74) is 0. The van der Waals surface area contributed by atoms with Crippen molar-refractivity contribution in [3.63, 3.8) is 0 Å². The Morgan fingerprint density at radius 2 is 1.53 bits per heavy atom. The fourth-order valence-corrected chi connectivity index (χ4v) is 6.22. The summed E-state index contributed by atoms with van der Waals surface area (Å²) in [7, 11) is -10.5. The molecule has 13 heteroatoms. The largest absolute Gasteiger partial charge is 0.464 e. The number of esters is 1. The maximum Gasteiger partial charge on any atom is 0.430 e. The van der Waals surface area contributed by atoms with Crippen molar-refractivity contribution >= 4 is 23.6 Å². The lowest BCUT2D eigenvalue weighted by Crippen LogP contribution is -2.64. The van der Waals surface area contributed by atoms with Crippen LogP contribution in [0.5, 0.6) is 0 Å². The van der Waals surface area contributed by atoms with Gasteiger partial charge in [0.05, 0.1) is 24.7 Å². The second kappa shape index (κ2) is 10.7. The van der Waals surface area contributed by atoms with Crippen LogP contribution in [0.2, 0.25) is 0 Å². The topological polar surface area (TPSA) is 108 Å². The first kappa shape index (κ1) is 26.6. The molecule has 0 aliphatic carbocycles. The van der Waals surface area contributed by atoms with Gasteiger partial charge in [-0.25, -0.2) is 13.2 Å². The monoisotopic (exact) mass is 475 g/mol. The van der Waals surface area contributed by atoms with Crippen LogP contribution in [0, 0.1) is 0 Å². The van der Waals surface area contributed by atoms with Crippen LogP contribution in [0.1, 0.15) is 33.6 Å². The van der Waals surface area contributed by atoms with Crippen LogP contribution in [0.15, 0.2) is 35.2 Å². The second-order valence-electron chi connectivity index (χ2n) is 6.01. The highest BCUT2D eigenvalue weighted by atomic mass is 32.2. The van der Waals surface area contributed by atoms with Crippen LogP contribution in [-0.2, 0) is 33.2 Å². The fraction of sp³-hybridized carbons (Fsp3) is 0.588. The van der Waals surface area contributed by atoms with Gasteiger partial charge in [-0.2, -0.15) is 17.9 Å². The number of rotatable bonds is 12. The van der Waals surface area contributed by atoms with Gasteiger partial charge >= 0.3 is 25.0 Å². The zero-order valence-electron chi connectivity index (χ0n) is 16.8. The minimum atomic E-state index is -5.72. The number of benzene rings is 1. The Morgan fingerprint density at radius 3 is 1.93 bits per heavy atom. The summed E-state index contributed by atoms with van der Waals surface area (Å²) in [5, 5.41) is -4.30. The van der Waals surface area contributed by atoms with Crippen LogP contribution < -0.4 is 4.72 Å². The predicted molar refractivity (Wildman–Crippen MR) is 102 cm³/mol. The number of alkyl halides is 3. The van der Waals surface area contributed by atoms with Crippen molar-refractivity contribution < 1.29 is 44.7 Å². The van der Waals surface area contributed by atoms with Crippen molar-refractivity contribution in [2.75, 3.05) is 19.8 Å². The number of sulfonamides is 1. The van der Waals surface area contributed by atoms with Gasteiger partial charge in [0.25, 0.3) is 0 Å². The van der Waals surface area contributed by atoms with Crippen LogP contribution >= 0.6 is 7.60 Å². The normalized spacial score (nSPS) is 14.9. The lowest BCUT2D eigenvalue weighted by molar-refractivity contribution is -0.194. The number of carbonyl (C=O) groups is 1. The van der Waals surface area contributed by atoms with E-state index in [1.807, 2.05) is 0 Å². The molecule has 30 heavy (non-hydrogen) atoms. The molecule has 0 bridgehead atoms. The number of nitrogens with one attached hydrogen (secondary N) is 1. The summed E-state index contributed by atoms with van der Waals surface area (Å²) >= 11 is 0. The zero-order chi connectivity index (χ0) is 23.1. The number of hydrogen-bond acceptors (Lipinski definition) is 7. The van der Waals surface area contributed by atoms with Crippen molar-refractivity contribution in [2.45, 2.75) is 50.0 Å². The molecule has 1 rings (SSSR count). The van der Waals surface area contributed by atoms with Gasteiger partial charge in [0.15, 0.2) is 0 Å². The molecule has 1 aromatic rings. The Labute approximate surface area is 173 Å². The van der Waals surface area contributed by atoms with E-state index in [1.165, 1.54) is 43.7 Å². The average molecular weight is 475 g/mol. The highest BCUT2D eigenvalue weighted by Gasteiger charge is 2.76. The molecule has 0 saturated carbocycles. The first-order valence-electron chi connectivity index (χ1n) is 9.14. The standard InChI is InChI=1S/C17H25F3NO7PS/c1-4-12-27-29(23,28-13-5-2)16(17(18,19)20,15(22)26-6-3)21-30(24,25)14-10-8-7-9-11-14/h7-11,21H,4-6,12-13H2,1-3H3/t16-/m1/s1. The molecular weight excluding hydrogens is 450 g/mol. The van der Waals surface area contributed by atoms with Gasteiger partial charge in [-0.1, -0.05) is 32.0 Å². The molecule has 1 N–H and O–H groups in total. The lowest BCUT2D eigenvalue weighted by Gasteiger charge is -2.38. The van der Waals surface area contributed by atoms with Crippen molar-refractivity contribution in [1.29, 1.82) is 0 Å². The molecule has 0 saturated heterocycles. The third kappa shape index (κ3) is 5.61. The van der Waals surface area contributed by atoms with Crippen molar-refractivity contribution in [3.05, 3.63) is 30.3 Å². The quantitative estimate of drug-likeness (QED) is 0.362. The van der Waals surface area contributed by atoms with E-state index in [9.17, 15) is 30.9 Å². The SMILES string of the molecule is CCCOP(=O)(OCCC)[C@](NS(=O)(=O)c1ccccc1)(C(=O)OCC)C(F)(F)F. The summed E-state index contributed by atoms with van der Waals surface area (Å²) in [5.74, 6) is -2.13. The maximum atomic E-state index is 14.4. The van der Waals surface area contributed by atoms with Crippen LogP contribution in [0.25, 0.3) is 0 Å². The van der Waals surface area contributed by atoms with E-state index < -0.39 is 59.8 Å². The Balaban J connectivity index is 3.79. The van der Waals surface area contributed by atoms with Crippen LogP contribution in [0.3, 0.4) is 0 Å². The number of ether oxygens (including phenoxy) is 1. The average Bonchev–Trinajstić information content (AvgIpc) is 2.68. The Morgan fingerprint density at radius 1 is 1.03 bits per heavy atom. The van der Waals surface area contributed by atoms with E-state index >= 15 is 0 Å². The van der Waals surface area contributed by atoms with Gasteiger partial charge in [-0.05, 0) is 31.9 Å². The van der Waals surface area contributed by atoms with Gasteiger partial charge in [-0.15, -0.1) is 0 Å². The van der Waals surface area contributed by atoms with E-state index in [-0.39, 0.29) is 12.8 Å². The molecule has 0 fully saturated rings. The van der Waals surface area contributed by atoms with E-state index in [2.05, 4.69) is 4.74 Å². The third-order valence-electron chi connectivity index (χ3n) is 3.66. The number of halogens is 3. The van der Waals surface area contributed by atoms with E-state index in [4.69, 9.17) is 9.05 Å². The second-order valence-corrected chi connectivity index (χ2v) is 9.88. The van der Waals surface area contributed by atoms with E-state index in [1.54, 1.807) is 0 Å². The van der Waals surface area contributed by atoms with Crippen LogP contribution in [-0.4, -0.2) is 45.7 Å². The van der Waals surface area contributed by atoms with Gasteiger partial charge in [0.2, 0.25) is 10.0 Å². The third-order valence-corrected chi connectivity index (χ3v) is 7.69. The molecular formula is C17H25F3NO7PS. The minimum absolute atomic E-state index is 0.127. The van der Waals surface area contributed by atoms with Crippen molar-refractivity contribution in [1.82, 2.24) is 4.72 Å². The Hall–Kier alpha value is -1.46. The molecule has 0 aliphatic heterocycles. The van der Waals surface area contributed by atoms with Crippen molar-refractivity contribution in [2.24, 2.45) is 0 Å². The Kier molecular flexibility index (Phi) is 9.50. The summed E-state index contributed by atoms with van der Waals surface area (Å²) in [6.07, 6.45) is -5.47. The van der Waals surface area contributed by atoms with E-state index in [0.717, 1.165) is 12.1 Å². The lowest BCUT2D eigenvalue weighted by atomic mass is 10.3.